The summed E-state index contributed by atoms with van der Waals surface area (Å²) in [5.41, 5.74) is -0.830. The molecule has 0 spiro atoms. The highest BCUT2D eigenvalue weighted by Gasteiger charge is 2.30. The van der Waals surface area contributed by atoms with Crippen molar-refractivity contribution < 1.29 is 40.7 Å². The van der Waals surface area contributed by atoms with E-state index < -0.39 is 49.3 Å². The first-order valence-corrected chi connectivity index (χ1v) is 8.87. The molecular formula is C20H18F6N2O3. The van der Waals surface area contributed by atoms with Crippen LogP contribution in [0.3, 0.4) is 0 Å². The topological polar surface area (TPSA) is 58.6 Å². The van der Waals surface area contributed by atoms with Crippen LogP contribution in [0.5, 0.6) is 5.75 Å². The van der Waals surface area contributed by atoms with Crippen molar-refractivity contribution in [3.8, 4) is 5.75 Å². The minimum Gasteiger partial charge on any atom is -0.484 e. The zero-order valence-electron chi connectivity index (χ0n) is 16.2. The van der Waals surface area contributed by atoms with Crippen LogP contribution in [-0.4, -0.2) is 43.1 Å². The standard InChI is InChI=1S/C20H18F6N2O3/c1-28(10-9-19(21,22)23)18(30)13-5-7-16(8-6-13)31-12-17(29)27-15-4-2-3-14(11-15)20(24,25)26/h2-8,11H,9-10,12H2,1H3,(H,27,29). The van der Waals surface area contributed by atoms with E-state index >= 15 is 0 Å². The average molecular weight is 448 g/mol. The average Bonchev–Trinajstić information content (AvgIpc) is 2.69. The second-order valence-electron chi connectivity index (χ2n) is 6.53. The smallest absolute Gasteiger partial charge is 0.416 e. The molecule has 0 atom stereocenters. The van der Waals surface area contributed by atoms with Crippen molar-refractivity contribution in [3.63, 3.8) is 0 Å². The van der Waals surface area contributed by atoms with E-state index in [0.717, 1.165) is 23.1 Å². The van der Waals surface area contributed by atoms with Gasteiger partial charge in [0.15, 0.2) is 6.61 Å². The van der Waals surface area contributed by atoms with Crippen molar-refractivity contribution >= 4 is 17.5 Å². The lowest BCUT2D eigenvalue weighted by Gasteiger charge is -2.18. The molecule has 0 aliphatic rings. The van der Waals surface area contributed by atoms with Gasteiger partial charge in [-0.3, -0.25) is 9.59 Å². The normalized spacial score (nSPS) is 11.7. The van der Waals surface area contributed by atoms with Crippen molar-refractivity contribution in [1.29, 1.82) is 0 Å². The SMILES string of the molecule is CN(CCC(F)(F)F)C(=O)c1ccc(OCC(=O)Nc2cccc(C(F)(F)F)c2)cc1. The highest BCUT2D eigenvalue weighted by atomic mass is 19.4. The Morgan fingerprint density at radius 1 is 1.00 bits per heavy atom. The fourth-order valence-corrected chi connectivity index (χ4v) is 2.43. The summed E-state index contributed by atoms with van der Waals surface area (Å²) in [6.45, 7) is -0.995. The summed E-state index contributed by atoms with van der Waals surface area (Å²) in [7, 11) is 1.25. The van der Waals surface area contributed by atoms with Gasteiger partial charge in [0.05, 0.1) is 12.0 Å². The number of ether oxygens (including phenoxy) is 1. The van der Waals surface area contributed by atoms with Crippen molar-refractivity contribution in [3.05, 3.63) is 59.7 Å². The number of nitrogens with one attached hydrogen (secondary N) is 1. The molecule has 0 aliphatic carbocycles. The lowest BCUT2D eigenvalue weighted by atomic mass is 10.2. The fraction of sp³-hybridized carbons (Fsp3) is 0.300. The molecule has 2 rings (SSSR count). The van der Waals surface area contributed by atoms with Gasteiger partial charge in [0.1, 0.15) is 5.75 Å². The molecule has 31 heavy (non-hydrogen) atoms. The molecule has 1 N–H and O–H groups in total. The van der Waals surface area contributed by atoms with E-state index in [9.17, 15) is 35.9 Å². The summed E-state index contributed by atoms with van der Waals surface area (Å²) in [6.07, 6.45) is -10.0. The van der Waals surface area contributed by atoms with Crippen LogP contribution < -0.4 is 10.1 Å². The summed E-state index contributed by atoms with van der Waals surface area (Å²) < 4.78 is 80.1. The molecular weight excluding hydrogens is 430 g/mol. The summed E-state index contributed by atoms with van der Waals surface area (Å²) in [5.74, 6) is -1.13. The molecule has 11 heteroatoms. The Labute approximate surface area is 173 Å². The second-order valence-corrected chi connectivity index (χ2v) is 6.53. The van der Waals surface area contributed by atoms with Gasteiger partial charge in [-0.2, -0.15) is 26.3 Å². The first-order chi connectivity index (χ1) is 14.3. The van der Waals surface area contributed by atoms with Crippen LogP contribution >= 0.6 is 0 Å². The van der Waals surface area contributed by atoms with E-state index in [1.165, 1.54) is 37.4 Å². The molecule has 0 heterocycles. The van der Waals surface area contributed by atoms with E-state index in [0.29, 0.717) is 0 Å². The number of rotatable bonds is 7. The first-order valence-electron chi connectivity index (χ1n) is 8.87. The number of anilines is 1. The third kappa shape index (κ3) is 7.83. The maximum atomic E-state index is 12.7. The number of nitrogens with zero attached hydrogens (tertiary/aromatic N) is 1. The molecule has 0 radical (unpaired) electrons. The Balaban J connectivity index is 1.88. The van der Waals surface area contributed by atoms with Crippen LogP contribution in [0.4, 0.5) is 32.0 Å². The first kappa shape index (κ1) is 24.0. The third-order valence-electron chi connectivity index (χ3n) is 4.02. The fourth-order valence-electron chi connectivity index (χ4n) is 2.43. The van der Waals surface area contributed by atoms with Gasteiger partial charge in [0.2, 0.25) is 0 Å². The molecule has 0 unspecified atom stereocenters. The molecule has 168 valence electrons. The van der Waals surface area contributed by atoms with E-state index in [1.807, 2.05) is 0 Å². The Bertz CT molecular complexity index is 910. The second kappa shape index (κ2) is 9.71. The molecule has 2 amide bonds. The van der Waals surface area contributed by atoms with Crippen molar-refractivity contribution in [2.45, 2.75) is 18.8 Å². The number of alkyl halides is 6. The Morgan fingerprint density at radius 3 is 2.23 bits per heavy atom. The predicted octanol–water partition coefficient (Wildman–Crippen LogP) is 4.75. The Morgan fingerprint density at radius 2 is 1.65 bits per heavy atom. The number of benzene rings is 2. The zero-order chi connectivity index (χ0) is 23.2. The summed E-state index contributed by atoms with van der Waals surface area (Å²) in [5, 5.41) is 2.28. The molecule has 0 bridgehead atoms. The van der Waals surface area contributed by atoms with Gasteiger partial charge in [0.25, 0.3) is 11.8 Å². The third-order valence-corrected chi connectivity index (χ3v) is 4.02. The lowest BCUT2D eigenvalue weighted by molar-refractivity contribution is -0.138. The van der Waals surface area contributed by atoms with Gasteiger partial charge < -0.3 is 15.0 Å². The maximum absolute atomic E-state index is 12.7. The summed E-state index contributed by atoms with van der Waals surface area (Å²) in [6, 6.07) is 9.45. The molecule has 0 saturated carbocycles. The van der Waals surface area contributed by atoms with Crippen LogP contribution in [0.2, 0.25) is 0 Å². The molecule has 0 fully saturated rings. The number of carbonyl (C=O) groups is 2. The number of amides is 2. The Kier molecular flexibility index (Phi) is 7.53. The van der Waals surface area contributed by atoms with Gasteiger partial charge in [-0.1, -0.05) is 6.07 Å². The van der Waals surface area contributed by atoms with Gasteiger partial charge in [-0.25, -0.2) is 0 Å². The zero-order valence-corrected chi connectivity index (χ0v) is 16.2. The van der Waals surface area contributed by atoms with Gasteiger partial charge in [-0.15, -0.1) is 0 Å². The number of hydrogen-bond donors (Lipinski definition) is 1. The summed E-state index contributed by atoms with van der Waals surface area (Å²) in [4.78, 5) is 24.9. The minimum absolute atomic E-state index is 0.0498. The highest BCUT2D eigenvalue weighted by molar-refractivity contribution is 5.94. The van der Waals surface area contributed by atoms with Gasteiger partial charge in [-0.05, 0) is 42.5 Å². The van der Waals surface area contributed by atoms with E-state index in [4.69, 9.17) is 4.74 Å². The number of halogens is 6. The minimum atomic E-state index is -4.54. The van der Waals surface area contributed by atoms with E-state index in [-0.39, 0.29) is 17.0 Å². The number of carbonyl (C=O) groups excluding carboxylic acids is 2. The van der Waals surface area contributed by atoms with Crippen LogP contribution in [0, 0.1) is 0 Å². The monoisotopic (exact) mass is 448 g/mol. The van der Waals surface area contributed by atoms with Crippen LogP contribution in [0.15, 0.2) is 48.5 Å². The summed E-state index contributed by atoms with van der Waals surface area (Å²) >= 11 is 0. The van der Waals surface area contributed by atoms with Crippen LogP contribution in [0.1, 0.15) is 22.3 Å². The highest BCUT2D eigenvalue weighted by Crippen LogP contribution is 2.30. The molecule has 0 saturated heterocycles. The van der Waals surface area contributed by atoms with Crippen molar-refractivity contribution in [2.75, 3.05) is 25.5 Å². The Hall–Kier alpha value is -3.24. The molecule has 2 aromatic rings. The van der Waals surface area contributed by atoms with E-state index in [2.05, 4.69) is 5.32 Å². The molecule has 5 nitrogen and oxygen atoms in total. The molecule has 0 aromatic heterocycles. The van der Waals surface area contributed by atoms with Crippen LogP contribution in [0.25, 0.3) is 0 Å². The van der Waals surface area contributed by atoms with Gasteiger partial charge >= 0.3 is 12.4 Å². The number of hydrogen-bond acceptors (Lipinski definition) is 3. The molecule has 0 aliphatic heterocycles. The largest absolute Gasteiger partial charge is 0.484 e. The van der Waals surface area contributed by atoms with Crippen molar-refractivity contribution in [1.82, 2.24) is 4.90 Å². The maximum Gasteiger partial charge on any atom is 0.416 e. The van der Waals surface area contributed by atoms with Crippen LogP contribution in [-0.2, 0) is 11.0 Å². The van der Waals surface area contributed by atoms with Crippen molar-refractivity contribution in [2.24, 2.45) is 0 Å². The molecule has 2 aromatic carbocycles. The predicted molar refractivity (Wildman–Crippen MR) is 99.6 cm³/mol. The van der Waals surface area contributed by atoms with E-state index in [1.54, 1.807) is 0 Å². The quantitative estimate of drug-likeness (QED) is 0.623. The van der Waals surface area contributed by atoms with Gasteiger partial charge in [0, 0.05) is 24.8 Å². The lowest BCUT2D eigenvalue weighted by Crippen LogP contribution is -2.30.